The van der Waals surface area contributed by atoms with Gasteiger partial charge in [0.1, 0.15) is 0 Å². The summed E-state index contributed by atoms with van der Waals surface area (Å²) in [7, 11) is 3.44. The summed E-state index contributed by atoms with van der Waals surface area (Å²) in [6.45, 7) is 10.1. The molecule has 2 N–H and O–H groups in total. The van der Waals surface area contributed by atoms with Crippen molar-refractivity contribution in [1.82, 2.24) is 9.80 Å². The van der Waals surface area contributed by atoms with Crippen LogP contribution in [0.5, 0.6) is 11.5 Å². The molecule has 0 aliphatic carbocycles. The maximum atomic E-state index is 12.0. The number of carbonyl (C=O) groups excluding carboxylic acids is 1. The zero-order valence-corrected chi connectivity index (χ0v) is 18.0. The fraction of sp³-hybridized carbons (Fsp3) is 0.650. The molecule has 2 atom stereocenters. The van der Waals surface area contributed by atoms with E-state index in [0.717, 1.165) is 32.6 Å². The zero-order valence-electron chi connectivity index (χ0n) is 17.2. The number of ether oxygens (including phenoxy) is 2. The van der Waals surface area contributed by atoms with Gasteiger partial charge in [0.15, 0.2) is 17.6 Å². The van der Waals surface area contributed by atoms with Crippen molar-refractivity contribution in [2.45, 2.75) is 39.8 Å². The average molecular weight is 400 g/mol. The number of benzene rings is 1. The zero-order chi connectivity index (χ0) is 19.3. The number of amides is 1. The molecule has 1 aliphatic heterocycles. The first-order chi connectivity index (χ1) is 12.3. The van der Waals surface area contributed by atoms with E-state index < -0.39 is 6.10 Å². The first-order valence-electron chi connectivity index (χ1n) is 9.34. The van der Waals surface area contributed by atoms with Gasteiger partial charge in [-0.1, -0.05) is 13.0 Å². The van der Waals surface area contributed by atoms with Gasteiger partial charge in [-0.05, 0) is 56.5 Å². The highest BCUT2D eigenvalue weighted by atomic mass is 35.5. The van der Waals surface area contributed by atoms with E-state index in [0.29, 0.717) is 18.1 Å². The molecule has 0 bridgehead atoms. The van der Waals surface area contributed by atoms with Crippen molar-refractivity contribution in [1.29, 1.82) is 0 Å². The van der Waals surface area contributed by atoms with Gasteiger partial charge >= 0.3 is 0 Å². The average Bonchev–Trinajstić information content (AvgIpc) is 2.98. The Morgan fingerprint density at radius 2 is 2.07 bits per heavy atom. The number of hydrogen-bond donors (Lipinski definition) is 1. The molecular weight excluding hydrogens is 366 g/mol. The van der Waals surface area contributed by atoms with Crippen molar-refractivity contribution >= 4 is 18.3 Å². The van der Waals surface area contributed by atoms with Crippen LogP contribution in [-0.4, -0.2) is 62.1 Å². The first kappa shape index (κ1) is 23.5. The Balaban J connectivity index is 0.00000364. The van der Waals surface area contributed by atoms with E-state index in [4.69, 9.17) is 15.2 Å². The first-order valence-corrected chi connectivity index (χ1v) is 9.34. The SMILES string of the molecule is CCOc1cc(CN2CCC(C)(CN)C2)ccc1OC(C)C(=O)N(C)C.Cl. The van der Waals surface area contributed by atoms with Gasteiger partial charge in [-0.3, -0.25) is 9.69 Å². The number of halogens is 1. The maximum Gasteiger partial charge on any atom is 0.262 e. The van der Waals surface area contributed by atoms with Gasteiger partial charge in [0.05, 0.1) is 6.61 Å². The summed E-state index contributed by atoms with van der Waals surface area (Å²) >= 11 is 0. The van der Waals surface area contributed by atoms with Gasteiger partial charge in [-0.15, -0.1) is 12.4 Å². The lowest BCUT2D eigenvalue weighted by atomic mass is 9.90. The number of likely N-dealkylation sites (N-methyl/N-ethyl adjacent to an activating group) is 1. The van der Waals surface area contributed by atoms with Crippen LogP contribution in [0.15, 0.2) is 18.2 Å². The molecule has 1 saturated heterocycles. The minimum absolute atomic E-state index is 0. The predicted molar refractivity (Wildman–Crippen MR) is 111 cm³/mol. The van der Waals surface area contributed by atoms with Crippen LogP contribution in [0.4, 0.5) is 0 Å². The van der Waals surface area contributed by atoms with Crippen LogP contribution in [0.1, 0.15) is 32.8 Å². The number of nitrogens with two attached hydrogens (primary N) is 1. The third kappa shape index (κ3) is 6.26. The summed E-state index contributed by atoms with van der Waals surface area (Å²) in [6, 6.07) is 5.96. The molecule has 0 aromatic heterocycles. The van der Waals surface area contributed by atoms with Crippen LogP contribution in [0.2, 0.25) is 0 Å². The topological polar surface area (TPSA) is 68.0 Å². The summed E-state index contributed by atoms with van der Waals surface area (Å²) < 4.78 is 11.6. The van der Waals surface area contributed by atoms with Crippen LogP contribution in [0.25, 0.3) is 0 Å². The minimum atomic E-state index is -0.557. The lowest BCUT2D eigenvalue weighted by molar-refractivity contribution is -0.135. The Morgan fingerprint density at radius 1 is 1.37 bits per heavy atom. The van der Waals surface area contributed by atoms with Gasteiger partial charge < -0.3 is 20.1 Å². The summed E-state index contributed by atoms with van der Waals surface area (Å²) in [5.74, 6) is 1.21. The van der Waals surface area contributed by atoms with Gasteiger partial charge in [0.2, 0.25) is 0 Å². The van der Waals surface area contributed by atoms with Crippen molar-refractivity contribution in [3.05, 3.63) is 23.8 Å². The van der Waals surface area contributed by atoms with E-state index in [1.807, 2.05) is 25.1 Å². The van der Waals surface area contributed by atoms with E-state index in [1.54, 1.807) is 21.0 Å². The molecule has 0 radical (unpaired) electrons. The Morgan fingerprint density at radius 3 is 2.63 bits per heavy atom. The van der Waals surface area contributed by atoms with Gasteiger partial charge in [-0.25, -0.2) is 0 Å². The molecule has 6 nitrogen and oxygen atoms in total. The fourth-order valence-electron chi connectivity index (χ4n) is 3.31. The Hall–Kier alpha value is -1.50. The van der Waals surface area contributed by atoms with Crippen LogP contribution in [0, 0.1) is 5.41 Å². The smallest absolute Gasteiger partial charge is 0.262 e. The second-order valence-electron chi connectivity index (χ2n) is 7.68. The molecule has 1 heterocycles. The Kier molecular flexibility index (Phi) is 8.85. The molecular formula is C20H34ClN3O3. The molecule has 1 aromatic rings. The second kappa shape index (κ2) is 10.2. The fourth-order valence-corrected chi connectivity index (χ4v) is 3.31. The van der Waals surface area contributed by atoms with Crippen molar-refractivity contribution in [2.75, 3.05) is 40.3 Å². The highest BCUT2D eigenvalue weighted by Crippen LogP contribution is 2.33. The van der Waals surface area contributed by atoms with Gasteiger partial charge in [-0.2, -0.15) is 0 Å². The van der Waals surface area contributed by atoms with Crippen LogP contribution in [0.3, 0.4) is 0 Å². The highest BCUT2D eigenvalue weighted by Gasteiger charge is 2.32. The van der Waals surface area contributed by atoms with Crippen molar-refractivity contribution in [3.63, 3.8) is 0 Å². The lowest BCUT2D eigenvalue weighted by Gasteiger charge is -2.23. The predicted octanol–water partition coefficient (Wildman–Crippen LogP) is 2.53. The van der Waals surface area contributed by atoms with Crippen LogP contribution < -0.4 is 15.2 Å². The third-order valence-corrected chi connectivity index (χ3v) is 4.94. The molecule has 1 fully saturated rings. The maximum absolute atomic E-state index is 12.0. The van der Waals surface area contributed by atoms with Crippen LogP contribution >= 0.6 is 12.4 Å². The quantitative estimate of drug-likeness (QED) is 0.727. The number of rotatable bonds is 8. The normalized spacial score (nSPS) is 20.7. The molecule has 2 rings (SSSR count). The number of hydrogen-bond acceptors (Lipinski definition) is 5. The largest absolute Gasteiger partial charge is 0.490 e. The summed E-state index contributed by atoms with van der Waals surface area (Å²) in [4.78, 5) is 16.0. The van der Waals surface area contributed by atoms with Crippen molar-refractivity contribution in [3.8, 4) is 11.5 Å². The monoisotopic (exact) mass is 399 g/mol. The van der Waals surface area contributed by atoms with E-state index in [9.17, 15) is 4.79 Å². The third-order valence-electron chi connectivity index (χ3n) is 4.94. The molecule has 27 heavy (non-hydrogen) atoms. The van der Waals surface area contributed by atoms with E-state index in [1.165, 1.54) is 10.5 Å². The molecule has 0 spiro atoms. The molecule has 1 aromatic carbocycles. The number of likely N-dealkylation sites (tertiary alicyclic amines) is 1. The molecule has 7 heteroatoms. The number of nitrogens with zero attached hydrogens (tertiary/aromatic N) is 2. The second-order valence-corrected chi connectivity index (χ2v) is 7.68. The Labute approximate surface area is 169 Å². The summed E-state index contributed by atoms with van der Waals surface area (Å²) in [5, 5.41) is 0. The number of carbonyl (C=O) groups is 1. The summed E-state index contributed by atoms with van der Waals surface area (Å²) in [6.07, 6.45) is 0.576. The van der Waals surface area contributed by atoms with Gasteiger partial charge in [0.25, 0.3) is 5.91 Å². The molecule has 1 aliphatic rings. The molecule has 0 saturated carbocycles. The minimum Gasteiger partial charge on any atom is -0.490 e. The van der Waals surface area contributed by atoms with Crippen molar-refractivity contribution < 1.29 is 14.3 Å². The van der Waals surface area contributed by atoms with Gasteiger partial charge in [0, 0.05) is 27.2 Å². The van der Waals surface area contributed by atoms with Crippen molar-refractivity contribution in [2.24, 2.45) is 11.1 Å². The van der Waals surface area contributed by atoms with E-state index in [2.05, 4.69) is 11.8 Å². The molecule has 154 valence electrons. The highest BCUT2D eigenvalue weighted by molar-refractivity contribution is 5.85. The lowest BCUT2D eigenvalue weighted by Crippen LogP contribution is -2.35. The summed E-state index contributed by atoms with van der Waals surface area (Å²) in [5.41, 5.74) is 7.30. The standard InChI is InChI=1S/C20H33N3O3.ClH/c1-6-25-18-11-16(12-23-10-9-20(3,13-21)14-23)7-8-17(18)26-15(2)19(24)22(4)5;/h7-8,11,15H,6,9-10,12-14,21H2,1-5H3;1H. The molecule has 2 unspecified atom stereocenters. The van der Waals surface area contributed by atoms with E-state index >= 15 is 0 Å². The van der Waals surface area contributed by atoms with Crippen LogP contribution in [-0.2, 0) is 11.3 Å². The Bertz CT molecular complexity index is 626. The van der Waals surface area contributed by atoms with E-state index in [-0.39, 0.29) is 23.7 Å². The molecule has 1 amide bonds.